The first kappa shape index (κ1) is 15.1. The molecule has 5 nitrogen and oxygen atoms in total. The fraction of sp³-hybridized carbons (Fsp3) is 0.143. The summed E-state index contributed by atoms with van der Waals surface area (Å²) in [4.78, 5) is 11.6. The van der Waals surface area contributed by atoms with E-state index in [9.17, 15) is 17.6 Å². The third-order valence-electron chi connectivity index (χ3n) is 2.79. The number of halogens is 1. The number of aromatic nitrogens is 1. The lowest BCUT2D eigenvalue weighted by Crippen LogP contribution is -2.44. The highest BCUT2D eigenvalue weighted by molar-refractivity contribution is 7.90. The maximum absolute atomic E-state index is 13.2. The summed E-state index contributed by atoms with van der Waals surface area (Å²) in [6.07, 6.45) is 3.29. The molecule has 2 rings (SSSR count). The molecule has 2 aromatic rings. The van der Waals surface area contributed by atoms with E-state index in [1.165, 1.54) is 13.0 Å². The van der Waals surface area contributed by atoms with Crippen LogP contribution < -0.4 is 9.29 Å². The normalized spacial score (nSPS) is 11.1. The zero-order valence-corrected chi connectivity index (χ0v) is 12.1. The Balaban J connectivity index is 2.13. The van der Waals surface area contributed by atoms with Crippen molar-refractivity contribution in [2.24, 2.45) is 0 Å². The van der Waals surface area contributed by atoms with Crippen molar-refractivity contribution in [3.8, 4) is 0 Å². The Labute approximate surface area is 122 Å². The zero-order valence-electron chi connectivity index (χ0n) is 11.3. The lowest BCUT2D eigenvalue weighted by atomic mass is 10.2. The van der Waals surface area contributed by atoms with Crippen LogP contribution in [0.3, 0.4) is 0 Å². The van der Waals surface area contributed by atoms with Crippen molar-refractivity contribution < 1.29 is 22.2 Å². The molecule has 1 aromatic heterocycles. The summed E-state index contributed by atoms with van der Waals surface area (Å²) >= 11 is 0. The van der Waals surface area contributed by atoms with Gasteiger partial charge in [0.2, 0.25) is 6.54 Å². The fourth-order valence-electron chi connectivity index (χ4n) is 1.73. The van der Waals surface area contributed by atoms with Crippen LogP contribution in [-0.2, 0) is 21.4 Å². The molecular formula is C14H14FN2O3S+. The summed E-state index contributed by atoms with van der Waals surface area (Å²) in [7, 11) is -4.00. The fourth-order valence-corrected chi connectivity index (χ4v) is 2.79. The molecule has 0 saturated carbocycles. The predicted molar refractivity (Wildman–Crippen MR) is 73.1 cm³/mol. The highest BCUT2D eigenvalue weighted by atomic mass is 32.2. The van der Waals surface area contributed by atoms with Crippen molar-refractivity contribution in [1.29, 1.82) is 0 Å². The number of hydrogen-bond donors (Lipinski definition) is 1. The number of carbonyl (C=O) groups excluding carboxylic acids is 1. The quantitative estimate of drug-likeness (QED) is 0.854. The molecule has 0 bridgehead atoms. The standard InChI is InChI=1S/C14H13FN2O3S/c1-11-9-12(5-6-13(11)15)21(19,20)16-14(18)10-17-7-3-2-4-8-17/h2-9H,10H2,1H3/p+1. The molecule has 0 fully saturated rings. The molecular weight excluding hydrogens is 295 g/mol. The van der Waals surface area contributed by atoms with Crippen molar-refractivity contribution >= 4 is 15.9 Å². The van der Waals surface area contributed by atoms with Gasteiger partial charge in [0.15, 0.2) is 12.4 Å². The van der Waals surface area contributed by atoms with E-state index in [0.717, 1.165) is 12.1 Å². The van der Waals surface area contributed by atoms with Gasteiger partial charge in [-0.3, -0.25) is 4.79 Å². The van der Waals surface area contributed by atoms with E-state index in [0.29, 0.717) is 0 Å². The van der Waals surface area contributed by atoms with Crippen LogP contribution in [0.15, 0.2) is 53.7 Å². The minimum atomic E-state index is -4.00. The third-order valence-corrected chi connectivity index (χ3v) is 4.16. The second-order valence-corrected chi connectivity index (χ2v) is 6.17. The molecule has 0 aliphatic rings. The molecule has 1 heterocycles. The van der Waals surface area contributed by atoms with Crippen LogP contribution in [-0.4, -0.2) is 14.3 Å². The van der Waals surface area contributed by atoms with E-state index < -0.39 is 21.7 Å². The predicted octanol–water partition coefficient (Wildman–Crippen LogP) is 0.927. The largest absolute Gasteiger partial charge is 0.299 e. The number of amides is 1. The van der Waals surface area contributed by atoms with Crippen LogP contribution in [0.4, 0.5) is 4.39 Å². The number of nitrogens with one attached hydrogen (secondary N) is 1. The number of nitrogens with zero attached hydrogens (tertiary/aromatic N) is 1. The molecule has 0 radical (unpaired) electrons. The molecule has 1 amide bonds. The molecule has 1 aromatic carbocycles. The number of aryl methyl sites for hydroxylation is 1. The molecule has 0 atom stereocenters. The van der Waals surface area contributed by atoms with Crippen LogP contribution in [0.1, 0.15) is 5.56 Å². The first-order valence-corrected chi connectivity index (χ1v) is 7.63. The van der Waals surface area contributed by atoms with Crippen LogP contribution in [0.2, 0.25) is 0 Å². The SMILES string of the molecule is Cc1cc(S(=O)(=O)NC(=O)C[n+]2ccccc2)ccc1F. The zero-order chi connectivity index (χ0) is 15.5. The Morgan fingerprint density at radius 3 is 2.52 bits per heavy atom. The minimum Gasteiger partial charge on any atom is -0.267 e. The van der Waals surface area contributed by atoms with Crippen LogP contribution in [0.5, 0.6) is 0 Å². The summed E-state index contributed by atoms with van der Waals surface area (Å²) in [5.74, 6) is -1.17. The van der Waals surface area contributed by atoms with E-state index in [4.69, 9.17) is 0 Å². The molecule has 1 N–H and O–H groups in total. The Kier molecular flexibility index (Phi) is 4.32. The molecule has 0 saturated heterocycles. The number of rotatable bonds is 4. The smallest absolute Gasteiger partial charge is 0.267 e. The van der Waals surface area contributed by atoms with Gasteiger partial charge in [0.25, 0.3) is 15.9 Å². The lowest BCUT2D eigenvalue weighted by molar-refractivity contribution is -0.684. The lowest BCUT2D eigenvalue weighted by Gasteiger charge is -2.06. The van der Waals surface area contributed by atoms with E-state index in [1.807, 2.05) is 4.72 Å². The van der Waals surface area contributed by atoms with Crippen LogP contribution in [0.25, 0.3) is 0 Å². The van der Waals surface area contributed by atoms with Gasteiger partial charge in [-0.1, -0.05) is 6.07 Å². The van der Waals surface area contributed by atoms with E-state index in [1.54, 1.807) is 35.2 Å². The summed E-state index contributed by atoms with van der Waals surface area (Å²) in [6, 6.07) is 8.59. The highest BCUT2D eigenvalue weighted by Gasteiger charge is 2.20. The van der Waals surface area contributed by atoms with Crippen molar-refractivity contribution in [2.75, 3.05) is 0 Å². The number of carbonyl (C=O) groups is 1. The molecule has 0 unspecified atom stereocenters. The highest BCUT2D eigenvalue weighted by Crippen LogP contribution is 2.13. The maximum atomic E-state index is 13.2. The Hall–Kier alpha value is -2.28. The van der Waals surface area contributed by atoms with Gasteiger partial charge in [0, 0.05) is 12.1 Å². The Bertz CT molecular complexity index is 761. The van der Waals surface area contributed by atoms with Crippen LogP contribution in [0, 0.1) is 12.7 Å². The number of benzene rings is 1. The molecule has 0 aliphatic carbocycles. The van der Waals surface area contributed by atoms with E-state index in [-0.39, 0.29) is 17.0 Å². The molecule has 7 heteroatoms. The summed E-state index contributed by atoms with van der Waals surface area (Å²) < 4.78 is 40.7. The topological polar surface area (TPSA) is 67.1 Å². The molecule has 0 spiro atoms. The van der Waals surface area contributed by atoms with Gasteiger partial charge in [-0.15, -0.1) is 0 Å². The summed E-state index contributed by atoms with van der Waals surface area (Å²) in [5.41, 5.74) is 0.197. The average Bonchev–Trinajstić information content (AvgIpc) is 2.42. The molecule has 0 aliphatic heterocycles. The summed E-state index contributed by atoms with van der Waals surface area (Å²) in [5, 5.41) is 0. The molecule has 110 valence electrons. The first-order valence-electron chi connectivity index (χ1n) is 6.14. The Morgan fingerprint density at radius 1 is 1.24 bits per heavy atom. The van der Waals surface area contributed by atoms with Gasteiger partial charge < -0.3 is 0 Å². The first-order chi connectivity index (χ1) is 9.88. The van der Waals surface area contributed by atoms with E-state index >= 15 is 0 Å². The Morgan fingerprint density at radius 2 is 1.90 bits per heavy atom. The van der Waals surface area contributed by atoms with Crippen molar-refractivity contribution in [3.63, 3.8) is 0 Å². The average molecular weight is 309 g/mol. The third kappa shape index (κ3) is 3.85. The van der Waals surface area contributed by atoms with Gasteiger partial charge in [-0.2, -0.15) is 4.57 Å². The van der Waals surface area contributed by atoms with Gasteiger partial charge in [0.05, 0.1) is 4.90 Å². The number of sulfonamides is 1. The second-order valence-electron chi connectivity index (χ2n) is 4.49. The maximum Gasteiger partial charge on any atom is 0.299 e. The van der Waals surface area contributed by atoms with Crippen molar-refractivity contribution in [3.05, 3.63) is 60.2 Å². The van der Waals surface area contributed by atoms with Gasteiger partial charge in [0.1, 0.15) is 5.82 Å². The number of hydrogen-bond acceptors (Lipinski definition) is 3. The molecule has 21 heavy (non-hydrogen) atoms. The number of pyridine rings is 1. The minimum absolute atomic E-state index is 0.125. The van der Waals surface area contributed by atoms with Gasteiger partial charge >= 0.3 is 0 Å². The monoisotopic (exact) mass is 309 g/mol. The van der Waals surface area contributed by atoms with Gasteiger partial charge in [-0.25, -0.2) is 17.5 Å². The van der Waals surface area contributed by atoms with Gasteiger partial charge in [-0.05, 0) is 30.7 Å². The second kappa shape index (κ2) is 6.01. The van der Waals surface area contributed by atoms with Crippen molar-refractivity contribution in [1.82, 2.24) is 4.72 Å². The van der Waals surface area contributed by atoms with Crippen molar-refractivity contribution in [2.45, 2.75) is 18.4 Å². The summed E-state index contributed by atoms with van der Waals surface area (Å²) in [6.45, 7) is 1.33. The van der Waals surface area contributed by atoms with Crippen LogP contribution >= 0.6 is 0 Å². The van der Waals surface area contributed by atoms with E-state index in [2.05, 4.69) is 0 Å².